The highest BCUT2D eigenvalue weighted by molar-refractivity contribution is 7.84. The molecule has 1 heterocycles. The topological polar surface area (TPSA) is 39.2 Å². The van der Waals surface area contributed by atoms with Crippen LogP contribution in [-0.4, -0.2) is 22.6 Å². The standard InChI is InChI=1S/C13H12ClNO2S/c1-17-10-5-3-4-9(6-10)11-7-13(14)15-8-12(11)18(2)16/h3-8H,1-2H3. The largest absolute Gasteiger partial charge is 0.497 e. The third-order valence-corrected chi connectivity index (χ3v) is 3.68. The number of hydrogen-bond acceptors (Lipinski definition) is 3. The van der Waals surface area contributed by atoms with Gasteiger partial charge in [-0.2, -0.15) is 0 Å². The van der Waals surface area contributed by atoms with E-state index in [4.69, 9.17) is 16.3 Å². The predicted molar refractivity (Wildman–Crippen MR) is 73.6 cm³/mol. The lowest BCUT2D eigenvalue weighted by Crippen LogP contribution is -1.94. The Morgan fingerprint density at radius 3 is 2.78 bits per heavy atom. The summed E-state index contributed by atoms with van der Waals surface area (Å²) in [5.74, 6) is 0.744. The fraction of sp³-hybridized carbons (Fsp3) is 0.154. The van der Waals surface area contributed by atoms with Crippen molar-refractivity contribution >= 4 is 22.4 Å². The molecular weight excluding hydrogens is 270 g/mol. The summed E-state index contributed by atoms with van der Waals surface area (Å²) in [5.41, 5.74) is 1.72. The molecule has 0 aliphatic carbocycles. The van der Waals surface area contributed by atoms with Crippen molar-refractivity contribution in [3.05, 3.63) is 41.7 Å². The van der Waals surface area contributed by atoms with Crippen LogP contribution >= 0.6 is 11.6 Å². The van der Waals surface area contributed by atoms with E-state index >= 15 is 0 Å². The lowest BCUT2D eigenvalue weighted by molar-refractivity contribution is 0.415. The van der Waals surface area contributed by atoms with E-state index in [9.17, 15) is 4.21 Å². The fourth-order valence-electron chi connectivity index (χ4n) is 1.66. The summed E-state index contributed by atoms with van der Waals surface area (Å²) in [5, 5.41) is 0.377. The molecular formula is C13H12ClNO2S. The minimum atomic E-state index is -1.12. The van der Waals surface area contributed by atoms with Crippen molar-refractivity contribution in [2.45, 2.75) is 4.90 Å². The van der Waals surface area contributed by atoms with Gasteiger partial charge in [-0.1, -0.05) is 23.7 Å². The summed E-state index contributed by atoms with van der Waals surface area (Å²) >= 11 is 5.90. The van der Waals surface area contributed by atoms with Gasteiger partial charge in [-0.25, -0.2) is 4.98 Å². The normalized spacial score (nSPS) is 12.2. The van der Waals surface area contributed by atoms with Crippen LogP contribution in [0, 0.1) is 0 Å². The first-order valence-corrected chi connectivity index (χ1v) is 7.19. The molecule has 0 amide bonds. The molecule has 0 saturated carbocycles. The van der Waals surface area contributed by atoms with Gasteiger partial charge in [0.05, 0.1) is 22.8 Å². The highest BCUT2D eigenvalue weighted by atomic mass is 35.5. The summed E-state index contributed by atoms with van der Waals surface area (Å²) in [6.45, 7) is 0. The van der Waals surface area contributed by atoms with Crippen LogP contribution in [0.25, 0.3) is 11.1 Å². The van der Waals surface area contributed by atoms with Crippen molar-refractivity contribution in [1.82, 2.24) is 4.98 Å². The molecule has 94 valence electrons. The summed E-state index contributed by atoms with van der Waals surface area (Å²) in [4.78, 5) is 4.63. The van der Waals surface area contributed by atoms with Gasteiger partial charge in [-0.05, 0) is 23.8 Å². The van der Waals surface area contributed by atoms with Crippen LogP contribution in [0.15, 0.2) is 41.4 Å². The molecule has 0 aliphatic heterocycles. The molecule has 1 aromatic heterocycles. The molecule has 18 heavy (non-hydrogen) atoms. The Labute approximate surface area is 113 Å². The van der Waals surface area contributed by atoms with E-state index in [0.717, 1.165) is 16.9 Å². The Morgan fingerprint density at radius 2 is 2.11 bits per heavy atom. The van der Waals surface area contributed by atoms with Crippen molar-refractivity contribution in [2.75, 3.05) is 13.4 Å². The monoisotopic (exact) mass is 281 g/mol. The zero-order valence-electron chi connectivity index (χ0n) is 10.0. The van der Waals surface area contributed by atoms with Crippen LogP contribution in [0.2, 0.25) is 5.15 Å². The van der Waals surface area contributed by atoms with E-state index in [0.29, 0.717) is 10.0 Å². The zero-order chi connectivity index (χ0) is 13.1. The molecule has 2 aromatic rings. The van der Waals surface area contributed by atoms with Crippen molar-refractivity contribution in [3.63, 3.8) is 0 Å². The van der Waals surface area contributed by atoms with Crippen molar-refractivity contribution in [1.29, 1.82) is 0 Å². The first kappa shape index (κ1) is 13.1. The number of nitrogens with zero attached hydrogens (tertiary/aromatic N) is 1. The third-order valence-electron chi connectivity index (χ3n) is 2.52. The molecule has 0 spiro atoms. The van der Waals surface area contributed by atoms with E-state index in [1.807, 2.05) is 24.3 Å². The van der Waals surface area contributed by atoms with E-state index < -0.39 is 10.8 Å². The van der Waals surface area contributed by atoms with Crippen molar-refractivity contribution < 1.29 is 8.95 Å². The third kappa shape index (κ3) is 2.71. The Bertz CT molecular complexity index is 601. The molecule has 0 fully saturated rings. The zero-order valence-corrected chi connectivity index (χ0v) is 11.6. The maximum atomic E-state index is 11.7. The number of methoxy groups -OCH3 is 1. The molecule has 0 saturated heterocycles. The molecule has 3 nitrogen and oxygen atoms in total. The Kier molecular flexibility index (Phi) is 3.99. The average Bonchev–Trinajstić information content (AvgIpc) is 2.38. The molecule has 1 aromatic carbocycles. The van der Waals surface area contributed by atoms with E-state index in [-0.39, 0.29) is 0 Å². The van der Waals surface area contributed by atoms with Gasteiger partial charge in [0, 0.05) is 18.0 Å². The Balaban J connectivity index is 2.61. The van der Waals surface area contributed by atoms with Gasteiger partial charge in [0.2, 0.25) is 0 Å². The van der Waals surface area contributed by atoms with Crippen LogP contribution in [-0.2, 0) is 10.8 Å². The van der Waals surface area contributed by atoms with Gasteiger partial charge >= 0.3 is 0 Å². The average molecular weight is 282 g/mol. The van der Waals surface area contributed by atoms with E-state index in [1.165, 1.54) is 0 Å². The molecule has 1 atom stereocenters. The Morgan fingerprint density at radius 1 is 1.33 bits per heavy atom. The smallest absolute Gasteiger partial charge is 0.129 e. The second kappa shape index (κ2) is 5.50. The van der Waals surface area contributed by atoms with Gasteiger partial charge in [0.25, 0.3) is 0 Å². The summed E-state index contributed by atoms with van der Waals surface area (Å²) < 4.78 is 16.9. The van der Waals surface area contributed by atoms with Gasteiger partial charge in [0.1, 0.15) is 10.9 Å². The second-order valence-corrected chi connectivity index (χ2v) is 5.42. The van der Waals surface area contributed by atoms with Crippen LogP contribution < -0.4 is 4.74 Å². The van der Waals surface area contributed by atoms with Crippen molar-refractivity contribution in [2.24, 2.45) is 0 Å². The molecule has 0 radical (unpaired) electrons. The molecule has 0 aliphatic rings. The van der Waals surface area contributed by atoms with Gasteiger partial charge in [-0.3, -0.25) is 4.21 Å². The highest BCUT2D eigenvalue weighted by Crippen LogP contribution is 2.29. The first-order chi connectivity index (χ1) is 8.61. The fourth-order valence-corrected chi connectivity index (χ4v) is 2.51. The Hall–Kier alpha value is -1.39. The minimum absolute atomic E-state index is 0.377. The number of aromatic nitrogens is 1. The number of pyridine rings is 1. The number of rotatable bonds is 3. The van der Waals surface area contributed by atoms with Crippen LogP contribution in [0.5, 0.6) is 5.75 Å². The van der Waals surface area contributed by atoms with Gasteiger partial charge < -0.3 is 4.74 Å². The van der Waals surface area contributed by atoms with E-state index in [2.05, 4.69) is 4.98 Å². The second-order valence-electron chi connectivity index (χ2n) is 3.69. The molecule has 1 unspecified atom stereocenters. The SMILES string of the molecule is COc1cccc(-c2cc(Cl)ncc2S(C)=O)c1. The number of halogens is 1. The number of benzene rings is 1. The quantitative estimate of drug-likeness (QED) is 0.812. The lowest BCUT2D eigenvalue weighted by Gasteiger charge is -2.09. The molecule has 0 bridgehead atoms. The van der Waals surface area contributed by atoms with Gasteiger partial charge in [0.15, 0.2) is 0 Å². The van der Waals surface area contributed by atoms with Crippen molar-refractivity contribution in [3.8, 4) is 16.9 Å². The summed E-state index contributed by atoms with van der Waals surface area (Å²) in [6, 6.07) is 9.25. The highest BCUT2D eigenvalue weighted by Gasteiger charge is 2.10. The van der Waals surface area contributed by atoms with Crippen LogP contribution in [0.3, 0.4) is 0 Å². The summed E-state index contributed by atoms with van der Waals surface area (Å²) in [7, 11) is 0.489. The molecule has 0 N–H and O–H groups in total. The number of ether oxygens (including phenoxy) is 1. The molecule has 5 heteroatoms. The lowest BCUT2D eigenvalue weighted by atomic mass is 10.1. The molecule has 2 rings (SSSR count). The minimum Gasteiger partial charge on any atom is -0.497 e. The summed E-state index contributed by atoms with van der Waals surface area (Å²) in [6.07, 6.45) is 3.17. The first-order valence-electron chi connectivity index (χ1n) is 5.25. The van der Waals surface area contributed by atoms with Gasteiger partial charge in [-0.15, -0.1) is 0 Å². The number of hydrogen-bond donors (Lipinski definition) is 0. The predicted octanol–water partition coefficient (Wildman–Crippen LogP) is 3.15. The maximum Gasteiger partial charge on any atom is 0.129 e. The van der Waals surface area contributed by atoms with Crippen LogP contribution in [0.4, 0.5) is 0 Å². The van der Waals surface area contributed by atoms with E-state index in [1.54, 1.807) is 25.6 Å². The maximum absolute atomic E-state index is 11.7. The van der Waals surface area contributed by atoms with Crippen LogP contribution in [0.1, 0.15) is 0 Å².